The highest BCUT2D eigenvalue weighted by molar-refractivity contribution is 5.95. The van der Waals surface area contributed by atoms with E-state index in [0.717, 1.165) is 0 Å². The summed E-state index contributed by atoms with van der Waals surface area (Å²) in [6.45, 7) is 5.52. The number of likely N-dealkylation sites (N-methyl/N-ethyl adjacent to an activating group) is 1. The molecule has 8 nitrogen and oxygen atoms in total. The molecule has 0 saturated heterocycles. The van der Waals surface area contributed by atoms with Gasteiger partial charge in [-0.3, -0.25) is 9.69 Å². The second-order valence-electron chi connectivity index (χ2n) is 7.35. The SMILES string of the molecule is CCOC(=O)C1=C(COc2ccc(C(C)=O)cc2)N(CC)C(=O)NC1c1cccc(OC)c1. The van der Waals surface area contributed by atoms with Crippen molar-refractivity contribution < 1.29 is 28.6 Å². The van der Waals surface area contributed by atoms with Crippen molar-refractivity contribution in [1.82, 2.24) is 10.2 Å². The van der Waals surface area contributed by atoms with Crippen LogP contribution in [-0.4, -0.2) is 49.6 Å². The van der Waals surface area contributed by atoms with Crippen molar-refractivity contribution in [2.75, 3.05) is 26.9 Å². The highest BCUT2D eigenvalue weighted by Crippen LogP contribution is 2.33. The van der Waals surface area contributed by atoms with Crippen LogP contribution in [0, 0.1) is 0 Å². The van der Waals surface area contributed by atoms with Gasteiger partial charge in [0.1, 0.15) is 18.1 Å². The molecule has 0 bridgehead atoms. The minimum Gasteiger partial charge on any atom is -0.497 e. The molecule has 1 aliphatic heterocycles. The fourth-order valence-electron chi connectivity index (χ4n) is 3.65. The van der Waals surface area contributed by atoms with Crippen molar-refractivity contribution in [1.29, 1.82) is 0 Å². The number of carbonyl (C=O) groups excluding carboxylic acids is 3. The second kappa shape index (κ2) is 10.7. The summed E-state index contributed by atoms with van der Waals surface area (Å²) in [7, 11) is 1.55. The number of rotatable bonds is 9. The minimum absolute atomic E-state index is 0.0324. The predicted octanol–water partition coefficient (Wildman–Crippen LogP) is 3.88. The number of hydrogen-bond acceptors (Lipinski definition) is 6. The Hall–Kier alpha value is -3.81. The highest BCUT2D eigenvalue weighted by atomic mass is 16.5. The van der Waals surface area contributed by atoms with Crippen molar-refractivity contribution in [3.63, 3.8) is 0 Å². The maximum atomic E-state index is 13.1. The van der Waals surface area contributed by atoms with Crippen LogP contribution in [0.5, 0.6) is 11.5 Å². The standard InChI is InChI=1S/C25H28N2O6/c1-5-27-21(15-33-19-12-10-17(11-13-19)16(3)28)22(24(29)32-6-2)23(26-25(27)30)18-8-7-9-20(14-18)31-4/h7-14,23H,5-6,15H2,1-4H3,(H,26,30). The Labute approximate surface area is 193 Å². The number of nitrogens with zero attached hydrogens (tertiary/aromatic N) is 1. The van der Waals surface area contributed by atoms with Crippen LogP contribution >= 0.6 is 0 Å². The van der Waals surface area contributed by atoms with Gasteiger partial charge in [0.15, 0.2) is 5.78 Å². The number of methoxy groups -OCH3 is 1. The summed E-state index contributed by atoms with van der Waals surface area (Å²) in [5.41, 5.74) is 1.97. The summed E-state index contributed by atoms with van der Waals surface area (Å²) < 4.78 is 16.6. The van der Waals surface area contributed by atoms with Crippen molar-refractivity contribution >= 4 is 17.8 Å². The predicted molar refractivity (Wildman–Crippen MR) is 122 cm³/mol. The summed E-state index contributed by atoms with van der Waals surface area (Å²) in [6, 6.07) is 12.8. The van der Waals surface area contributed by atoms with Gasteiger partial charge in [0.25, 0.3) is 0 Å². The Bertz CT molecular complexity index is 1060. The molecule has 0 saturated carbocycles. The fourth-order valence-corrected chi connectivity index (χ4v) is 3.65. The number of benzene rings is 2. The Morgan fingerprint density at radius 2 is 1.79 bits per heavy atom. The van der Waals surface area contributed by atoms with Gasteiger partial charge in [-0.25, -0.2) is 9.59 Å². The molecule has 2 aromatic rings. The highest BCUT2D eigenvalue weighted by Gasteiger charge is 2.38. The first kappa shape index (κ1) is 23.8. The zero-order valence-electron chi connectivity index (χ0n) is 19.2. The van der Waals surface area contributed by atoms with Crippen LogP contribution in [0.25, 0.3) is 0 Å². The number of ketones is 1. The molecular formula is C25H28N2O6. The molecule has 174 valence electrons. The number of ether oxygens (including phenoxy) is 3. The van der Waals surface area contributed by atoms with Crippen molar-refractivity contribution in [2.45, 2.75) is 26.8 Å². The summed E-state index contributed by atoms with van der Waals surface area (Å²) in [4.78, 5) is 39.0. The molecule has 1 unspecified atom stereocenters. The van der Waals surface area contributed by atoms with E-state index in [0.29, 0.717) is 40.4 Å². The Kier molecular flexibility index (Phi) is 7.71. The largest absolute Gasteiger partial charge is 0.497 e. The molecule has 1 N–H and O–H groups in total. The zero-order chi connectivity index (χ0) is 24.0. The van der Waals surface area contributed by atoms with Gasteiger partial charge in [0.05, 0.1) is 31.0 Å². The molecule has 2 amide bonds. The van der Waals surface area contributed by atoms with Crippen LogP contribution in [0.15, 0.2) is 59.8 Å². The van der Waals surface area contributed by atoms with Gasteiger partial charge in [0, 0.05) is 12.1 Å². The van der Waals surface area contributed by atoms with Gasteiger partial charge in [-0.1, -0.05) is 12.1 Å². The van der Waals surface area contributed by atoms with Crippen LogP contribution < -0.4 is 14.8 Å². The molecule has 3 rings (SSSR count). The molecule has 1 aliphatic rings. The van der Waals surface area contributed by atoms with Crippen molar-refractivity contribution in [3.05, 3.63) is 70.9 Å². The lowest BCUT2D eigenvalue weighted by Gasteiger charge is -2.36. The van der Waals surface area contributed by atoms with Crippen LogP contribution in [0.4, 0.5) is 4.79 Å². The van der Waals surface area contributed by atoms with E-state index >= 15 is 0 Å². The maximum absolute atomic E-state index is 13.1. The van der Waals surface area contributed by atoms with E-state index in [1.165, 1.54) is 11.8 Å². The number of nitrogens with one attached hydrogen (secondary N) is 1. The number of hydrogen-bond donors (Lipinski definition) is 1. The normalized spacial score (nSPS) is 15.7. The molecule has 0 radical (unpaired) electrons. The molecule has 8 heteroatoms. The topological polar surface area (TPSA) is 94.2 Å². The van der Waals surface area contributed by atoms with Gasteiger partial charge in [-0.2, -0.15) is 0 Å². The summed E-state index contributed by atoms with van der Waals surface area (Å²) >= 11 is 0. The molecule has 1 heterocycles. The number of carbonyl (C=O) groups is 3. The molecule has 2 aromatic carbocycles. The van der Waals surface area contributed by atoms with Crippen LogP contribution in [0.1, 0.15) is 42.7 Å². The monoisotopic (exact) mass is 452 g/mol. The summed E-state index contributed by atoms with van der Waals surface area (Å²) in [5.74, 6) is 0.535. The lowest BCUT2D eigenvalue weighted by Crippen LogP contribution is -2.49. The third kappa shape index (κ3) is 5.34. The van der Waals surface area contributed by atoms with Crippen LogP contribution in [-0.2, 0) is 9.53 Å². The summed E-state index contributed by atoms with van der Waals surface area (Å²) in [6.07, 6.45) is 0. The molecule has 33 heavy (non-hydrogen) atoms. The van der Waals surface area contributed by atoms with E-state index in [9.17, 15) is 14.4 Å². The quantitative estimate of drug-likeness (QED) is 0.458. The van der Waals surface area contributed by atoms with Gasteiger partial charge in [-0.15, -0.1) is 0 Å². The van der Waals surface area contributed by atoms with E-state index in [4.69, 9.17) is 14.2 Å². The van der Waals surface area contributed by atoms with E-state index in [1.54, 1.807) is 56.5 Å². The van der Waals surface area contributed by atoms with E-state index in [1.807, 2.05) is 13.0 Å². The van der Waals surface area contributed by atoms with Crippen LogP contribution in [0.2, 0.25) is 0 Å². The number of urea groups is 1. The average molecular weight is 453 g/mol. The maximum Gasteiger partial charge on any atom is 0.338 e. The minimum atomic E-state index is -0.729. The molecule has 0 aliphatic carbocycles. The van der Waals surface area contributed by atoms with E-state index in [2.05, 4.69) is 5.32 Å². The van der Waals surface area contributed by atoms with Gasteiger partial charge in [-0.05, 0) is 62.7 Å². The lowest BCUT2D eigenvalue weighted by molar-refractivity contribution is -0.139. The van der Waals surface area contributed by atoms with E-state index in [-0.39, 0.29) is 25.0 Å². The number of Topliss-reactive ketones (excluding diaryl/α,β-unsaturated/α-hetero) is 1. The Balaban J connectivity index is 2.03. The number of esters is 1. The fraction of sp³-hybridized carbons (Fsp3) is 0.320. The third-order valence-corrected chi connectivity index (χ3v) is 5.31. The van der Waals surface area contributed by atoms with Crippen LogP contribution in [0.3, 0.4) is 0 Å². The molecule has 0 fully saturated rings. The van der Waals surface area contributed by atoms with Gasteiger partial charge < -0.3 is 19.5 Å². The lowest BCUT2D eigenvalue weighted by atomic mass is 9.94. The first-order chi connectivity index (χ1) is 15.9. The number of amides is 2. The van der Waals surface area contributed by atoms with Gasteiger partial charge in [0.2, 0.25) is 0 Å². The second-order valence-corrected chi connectivity index (χ2v) is 7.35. The zero-order valence-corrected chi connectivity index (χ0v) is 19.2. The third-order valence-electron chi connectivity index (χ3n) is 5.31. The first-order valence-corrected chi connectivity index (χ1v) is 10.8. The van der Waals surface area contributed by atoms with E-state index < -0.39 is 12.0 Å². The van der Waals surface area contributed by atoms with Crippen molar-refractivity contribution in [3.8, 4) is 11.5 Å². The Morgan fingerprint density at radius 3 is 2.39 bits per heavy atom. The van der Waals surface area contributed by atoms with Crippen molar-refractivity contribution in [2.24, 2.45) is 0 Å². The molecule has 0 aromatic heterocycles. The average Bonchev–Trinajstić information content (AvgIpc) is 2.82. The summed E-state index contributed by atoms with van der Waals surface area (Å²) in [5, 5.41) is 2.90. The Morgan fingerprint density at radius 1 is 1.06 bits per heavy atom. The molecular weight excluding hydrogens is 424 g/mol. The van der Waals surface area contributed by atoms with Gasteiger partial charge >= 0.3 is 12.0 Å². The smallest absolute Gasteiger partial charge is 0.338 e. The molecule has 0 spiro atoms. The molecule has 1 atom stereocenters. The first-order valence-electron chi connectivity index (χ1n) is 10.8.